The molecule has 0 saturated heterocycles. The summed E-state index contributed by atoms with van der Waals surface area (Å²) in [5, 5.41) is 0. The van der Waals surface area contributed by atoms with Gasteiger partial charge >= 0.3 is 0 Å². The van der Waals surface area contributed by atoms with E-state index in [1.54, 1.807) is 0 Å². The fourth-order valence-corrected chi connectivity index (χ4v) is 1.67. The Labute approximate surface area is 73.7 Å². The minimum Gasteiger partial charge on any atom is -0.392 e. The first kappa shape index (κ1) is 8.94. The normalized spacial score (nSPS) is 18.4. The standard InChI is InChI=1S/C8H16N2S/c1-10(6-8(9)11)5-7-3-2-4-7/h7H,2-6H2,1H3,(H2,9,11). The van der Waals surface area contributed by atoms with Gasteiger partial charge in [0.05, 0.1) is 4.99 Å². The van der Waals surface area contributed by atoms with Gasteiger partial charge in [0.15, 0.2) is 0 Å². The average molecular weight is 172 g/mol. The third kappa shape index (κ3) is 3.16. The van der Waals surface area contributed by atoms with E-state index in [-0.39, 0.29) is 0 Å². The van der Waals surface area contributed by atoms with Crippen LogP contribution >= 0.6 is 12.2 Å². The van der Waals surface area contributed by atoms with Crippen molar-refractivity contribution in [2.75, 3.05) is 20.1 Å². The first-order valence-electron chi connectivity index (χ1n) is 4.15. The summed E-state index contributed by atoms with van der Waals surface area (Å²) in [6.45, 7) is 1.93. The monoisotopic (exact) mass is 172 g/mol. The van der Waals surface area contributed by atoms with Crippen LogP contribution in [-0.2, 0) is 0 Å². The lowest BCUT2D eigenvalue weighted by atomic mass is 9.85. The van der Waals surface area contributed by atoms with Crippen molar-refractivity contribution >= 4 is 17.2 Å². The molecule has 11 heavy (non-hydrogen) atoms. The second-order valence-corrected chi connectivity index (χ2v) is 3.98. The van der Waals surface area contributed by atoms with Crippen LogP contribution in [0.5, 0.6) is 0 Å². The van der Waals surface area contributed by atoms with Crippen LogP contribution in [0.2, 0.25) is 0 Å². The number of nitrogens with zero attached hydrogens (tertiary/aromatic N) is 1. The second-order valence-electron chi connectivity index (χ2n) is 3.46. The van der Waals surface area contributed by atoms with Gasteiger partial charge in [-0.3, -0.25) is 4.90 Å². The van der Waals surface area contributed by atoms with E-state index in [2.05, 4.69) is 11.9 Å². The van der Waals surface area contributed by atoms with Crippen LogP contribution in [0.3, 0.4) is 0 Å². The Kier molecular flexibility index (Phi) is 3.27. The Morgan fingerprint density at radius 1 is 1.64 bits per heavy atom. The Hall–Kier alpha value is -0.150. The minimum atomic E-state index is 0.604. The highest BCUT2D eigenvalue weighted by atomic mass is 32.1. The molecule has 0 aromatic rings. The molecule has 0 spiro atoms. The largest absolute Gasteiger partial charge is 0.392 e. The van der Waals surface area contributed by atoms with E-state index < -0.39 is 0 Å². The van der Waals surface area contributed by atoms with Crippen molar-refractivity contribution in [3.05, 3.63) is 0 Å². The molecule has 0 aromatic carbocycles. The maximum absolute atomic E-state index is 5.42. The Morgan fingerprint density at radius 3 is 2.64 bits per heavy atom. The van der Waals surface area contributed by atoms with Crippen LogP contribution < -0.4 is 5.73 Å². The summed E-state index contributed by atoms with van der Waals surface area (Å²) in [4.78, 5) is 2.82. The van der Waals surface area contributed by atoms with E-state index in [0.29, 0.717) is 4.99 Å². The molecule has 0 radical (unpaired) electrons. The molecule has 0 heterocycles. The van der Waals surface area contributed by atoms with Crippen LogP contribution in [0.4, 0.5) is 0 Å². The fourth-order valence-electron chi connectivity index (χ4n) is 1.45. The molecule has 64 valence electrons. The van der Waals surface area contributed by atoms with Crippen molar-refractivity contribution in [2.45, 2.75) is 19.3 Å². The zero-order valence-corrected chi connectivity index (χ0v) is 7.86. The molecular formula is C8H16N2S. The highest BCUT2D eigenvalue weighted by Gasteiger charge is 2.18. The van der Waals surface area contributed by atoms with Gasteiger partial charge in [-0.05, 0) is 25.8 Å². The highest BCUT2D eigenvalue weighted by molar-refractivity contribution is 7.80. The fraction of sp³-hybridized carbons (Fsp3) is 0.875. The van der Waals surface area contributed by atoms with Gasteiger partial charge in [-0.1, -0.05) is 18.6 Å². The molecule has 0 atom stereocenters. The van der Waals surface area contributed by atoms with Gasteiger partial charge in [-0.25, -0.2) is 0 Å². The molecule has 1 aliphatic carbocycles. The smallest absolute Gasteiger partial charge is 0.0869 e. The molecule has 1 fully saturated rings. The predicted octanol–water partition coefficient (Wildman–Crippen LogP) is 1.00. The van der Waals surface area contributed by atoms with Gasteiger partial charge in [0.2, 0.25) is 0 Å². The lowest BCUT2D eigenvalue weighted by Gasteiger charge is -2.29. The van der Waals surface area contributed by atoms with Crippen molar-refractivity contribution < 1.29 is 0 Å². The Bertz CT molecular complexity index is 143. The van der Waals surface area contributed by atoms with Gasteiger partial charge in [-0.15, -0.1) is 0 Å². The van der Waals surface area contributed by atoms with E-state index in [9.17, 15) is 0 Å². The summed E-state index contributed by atoms with van der Waals surface area (Å²) in [7, 11) is 2.08. The molecule has 1 rings (SSSR count). The van der Waals surface area contributed by atoms with E-state index in [0.717, 1.165) is 19.0 Å². The second kappa shape index (κ2) is 4.02. The summed E-state index contributed by atoms with van der Waals surface area (Å²) in [5.74, 6) is 0.911. The maximum Gasteiger partial charge on any atom is 0.0869 e. The summed E-state index contributed by atoms with van der Waals surface area (Å²) in [6.07, 6.45) is 4.19. The van der Waals surface area contributed by atoms with Gasteiger partial charge in [0, 0.05) is 13.1 Å². The van der Waals surface area contributed by atoms with Crippen LogP contribution in [0.25, 0.3) is 0 Å². The average Bonchev–Trinajstić information content (AvgIpc) is 1.77. The predicted molar refractivity (Wildman–Crippen MR) is 51.6 cm³/mol. The molecule has 2 N–H and O–H groups in total. The minimum absolute atomic E-state index is 0.604. The lowest BCUT2D eigenvalue weighted by molar-refractivity contribution is 0.221. The van der Waals surface area contributed by atoms with Crippen LogP contribution in [-0.4, -0.2) is 30.0 Å². The third-order valence-electron chi connectivity index (χ3n) is 2.22. The molecule has 0 aliphatic heterocycles. The SMILES string of the molecule is CN(CC(N)=S)CC1CCC1. The van der Waals surface area contributed by atoms with Crippen molar-refractivity contribution in [3.8, 4) is 0 Å². The van der Waals surface area contributed by atoms with Crippen molar-refractivity contribution in [3.63, 3.8) is 0 Å². The molecule has 0 bridgehead atoms. The highest BCUT2D eigenvalue weighted by Crippen LogP contribution is 2.26. The number of thiocarbonyl (C=S) groups is 1. The molecule has 1 aliphatic rings. The zero-order valence-electron chi connectivity index (χ0n) is 7.05. The van der Waals surface area contributed by atoms with E-state index in [4.69, 9.17) is 18.0 Å². The summed E-state index contributed by atoms with van der Waals surface area (Å²) < 4.78 is 0. The number of hydrogen-bond acceptors (Lipinski definition) is 2. The van der Waals surface area contributed by atoms with Crippen molar-refractivity contribution in [1.29, 1.82) is 0 Å². The van der Waals surface area contributed by atoms with Crippen LogP contribution in [0, 0.1) is 5.92 Å². The molecule has 0 aromatic heterocycles. The molecular weight excluding hydrogens is 156 g/mol. The Balaban J connectivity index is 2.09. The summed E-state index contributed by atoms with van der Waals surface area (Å²) >= 11 is 4.81. The van der Waals surface area contributed by atoms with Crippen molar-refractivity contribution in [2.24, 2.45) is 11.7 Å². The first-order valence-corrected chi connectivity index (χ1v) is 4.56. The number of likely N-dealkylation sites (N-methyl/N-ethyl adjacent to an activating group) is 1. The number of rotatable bonds is 4. The van der Waals surface area contributed by atoms with E-state index in [1.807, 2.05) is 0 Å². The Morgan fingerprint density at radius 2 is 2.27 bits per heavy atom. The first-order chi connectivity index (χ1) is 5.18. The molecule has 3 heteroatoms. The van der Waals surface area contributed by atoms with Crippen LogP contribution in [0.15, 0.2) is 0 Å². The van der Waals surface area contributed by atoms with Gasteiger partial charge < -0.3 is 5.73 Å². The topological polar surface area (TPSA) is 29.3 Å². The quantitative estimate of drug-likeness (QED) is 0.642. The molecule has 0 unspecified atom stereocenters. The molecule has 1 saturated carbocycles. The van der Waals surface area contributed by atoms with Gasteiger partial charge in [0.25, 0.3) is 0 Å². The zero-order chi connectivity index (χ0) is 8.27. The molecule has 2 nitrogen and oxygen atoms in total. The van der Waals surface area contributed by atoms with Gasteiger partial charge in [-0.2, -0.15) is 0 Å². The third-order valence-corrected chi connectivity index (χ3v) is 2.35. The summed E-state index contributed by atoms with van der Waals surface area (Å²) in [5.41, 5.74) is 5.42. The lowest BCUT2D eigenvalue weighted by Crippen LogP contribution is -2.35. The maximum atomic E-state index is 5.42. The van der Waals surface area contributed by atoms with Crippen LogP contribution in [0.1, 0.15) is 19.3 Å². The van der Waals surface area contributed by atoms with Crippen molar-refractivity contribution in [1.82, 2.24) is 4.90 Å². The molecule has 0 amide bonds. The summed E-state index contributed by atoms with van der Waals surface area (Å²) in [6, 6.07) is 0. The van der Waals surface area contributed by atoms with E-state index in [1.165, 1.54) is 19.3 Å². The van der Waals surface area contributed by atoms with E-state index >= 15 is 0 Å². The number of hydrogen-bond donors (Lipinski definition) is 1. The number of nitrogens with two attached hydrogens (primary N) is 1. The van der Waals surface area contributed by atoms with Gasteiger partial charge in [0.1, 0.15) is 0 Å².